The van der Waals surface area contributed by atoms with Gasteiger partial charge < -0.3 is 29.2 Å². The van der Waals surface area contributed by atoms with Gasteiger partial charge in [-0.05, 0) is 61.4 Å². The largest absolute Gasteiger partial charge is 0.504 e. The van der Waals surface area contributed by atoms with Crippen LogP contribution in [0.4, 0.5) is 0 Å². The number of phenolic OH excluding ortho intramolecular Hbond substituents is 2. The maximum absolute atomic E-state index is 14.8. The highest BCUT2D eigenvalue weighted by molar-refractivity contribution is 7.92. The molecular formula is C36H38O8S. The summed E-state index contributed by atoms with van der Waals surface area (Å²) in [6, 6.07) is 23.7. The van der Waals surface area contributed by atoms with Crippen LogP contribution in [-0.4, -0.2) is 46.1 Å². The van der Waals surface area contributed by atoms with Crippen molar-refractivity contribution >= 4 is 22.0 Å². The summed E-state index contributed by atoms with van der Waals surface area (Å²) in [4.78, 5) is 0. The number of hydrogen-bond acceptors (Lipinski definition) is 8. The molecule has 0 amide bonds. The third-order valence-corrected chi connectivity index (χ3v) is 9.43. The van der Waals surface area contributed by atoms with Crippen molar-refractivity contribution in [2.75, 3.05) is 27.4 Å². The smallest absolute Gasteiger partial charge is 0.171 e. The van der Waals surface area contributed by atoms with Gasteiger partial charge in [0.05, 0.1) is 27.4 Å². The first-order valence-electron chi connectivity index (χ1n) is 14.5. The number of ether oxygens (including phenoxy) is 4. The maximum atomic E-state index is 14.8. The second kappa shape index (κ2) is 15.2. The van der Waals surface area contributed by atoms with Gasteiger partial charge in [-0.15, -0.1) is 0 Å². The Morgan fingerprint density at radius 1 is 0.622 bits per heavy atom. The van der Waals surface area contributed by atoms with Crippen molar-refractivity contribution in [1.82, 2.24) is 0 Å². The van der Waals surface area contributed by atoms with Crippen LogP contribution < -0.4 is 18.9 Å². The second-order valence-electron chi connectivity index (χ2n) is 9.95. The standard InChI is InChI=1S/C36H38O8S/c1-5-43-31-11-7-9-27(35(31)37)17-23-33(25-13-19-29(41-3)20-14-25)45(39,40)34(26-15-21-30(42-4)22-16-26)24-18-28-10-8-12-32(36(28)38)44-6-2/h7-24,33-34,37-38H,5-6H2,1-4H3. The number of para-hydroxylation sites is 2. The Morgan fingerprint density at radius 2 is 1.00 bits per heavy atom. The number of aromatic hydroxyl groups is 2. The average molecular weight is 631 g/mol. The summed E-state index contributed by atoms with van der Waals surface area (Å²) < 4.78 is 51.2. The number of benzene rings is 4. The van der Waals surface area contributed by atoms with Crippen molar-refractivity contribution in [3.63, 3.8) is 0 Å². The number of hydrogen-bond donors (Lipinski definition) is 2. The normalized spacial score (nSPS) is 13.1. The fraction of sp³-hybridized carbons (Fsp3) is 0.222. The van der Waals surface area contributed by atoms with Gasteiger partial charge in [-0.1, -0.05) is 72.8 Å². The third-order valence-electron chi connectivity index (χ3n) is 7.16. The predicted molar refractivity (Wildman–Crippen MR) is 177 cm³/mol. The Labute approximate surface area is 264 Å². The molecule has 2 atom stereocenters. The van der Waals surface area contributed by atoms with Gasteiger partial charge in [-0.3, -0.25) is 0 Å². The zero-order chi connectivity index (χ0) is 32.4. The fourth-order valence-electron chi connectivity index (χ4n) is 4.84. The van der Waals surface area contributed by atoms with Crippen LogP contribution in [-0.2, 0) is 9.84 Å². The molecule has 45 heavy (non-hydrogen) atoms. The molecule has 9 heteroatoms. The van der Waals surface area contributed by atoms with Gasteiger partial charge in [-0.2, -0.15) is 0 Å². The molecule has 2 unspecified atom stereocenters. The molecule has 0 aliphatic rings. The molecule has 0 aromatic heterocycles. The van der Waals surface area contributed by atoms with Gasteiger partial charge in [0.1, 0.15) is 22.0 Å². The molecule has 0 aliphatic heterocycles. The van der Waals surface area contributed by atoms with E-state index in [-0.39, 0.29) is 11.5 Å². The van der Waals surface area contributed by atoms with Crippen molar-refractivity contribution in [1.29, 1.82) is 0 Å². The predicted octanol–water partition coefficient (Wildman–Crippen LogP) is 7.54. The number of methoxy groups -OCH3 is 2. The quantitative estimate of drug-likeness (QED) is 0.147. The summed E-state index contributed by atoms with van der Waals surface area (Å²) in [5.74, 6) is 1.60. The molecule has 8 nitrogen and oxygen atoms in total. The lowest BCUT2D eigenvalue weighted by Crippen LogP contribution is -2.19. The van der Waals surface area contributed by atoms with Gasteiger partial charge in [0, 0.05) is 11.1 Å². The first kappa shape index (κ1) is 33.0. The highest BCUT2D eigenvalue weighted by Crippen LogP contribution is 2.40. The first-order valence-corrected chi connectivity index (χ1v) is 16.1. The van der Waals surface area contributed by atoms with Gasteiger partial charge in [-0.25, -0.2) is 8.42 Å². The summed E-state index contributed by atoms with van der Waals surface area (Å²) in [7, 11) is -1.02. The Balaban J connectivity index is 1.86. The van der Waals surface area contributed by atoms with E-state index in [0.29, 0.717) is 58.5 Å². The summed E-state index contributed by atoms with van der Waals surface area (Å²) >= 11 is 0. The zero-order valence-corrected chi connectivity index (χ0v) is 26.5. The lowest BCUT2D eigenvalue weighted by Gasteiger charge is -2.22. The first-order chi connectivity index (χ1) is 21.7. The molecule has 0 radical (unpaired) electrons. The molecule has 4 rings (SSSR count). The SMILES string of the molecule is CCOc1cccc(C=CC(c2ccc(OC)cc2)S(=O)(=O)C(C=Cc2cccc(OCC)c2O)c2ccc(OC)cc2)c1O. The molecule has 0 heterocycles. The Hall–Kier alpha value is -4.89. The summed E-state index contributed by atoms with van der Waals surface area (Å²) in [6.07, 6.45) is 6.27. The van der Waals surface area contributed by atoms with E-state index in [2.05, 4.69) is 0 Å². The van der Waals surface area contributed by atoms with E-state index in [9.17, 15) is 18.6 Å². The molecule has 0 saturated heterocycles. The zero-order valence-electron chi connectivity index (χ0n) is 25.7. The van der Waals surface area contributed by atoms with Crippen molar-refractivity contribution in [2.45, 2.75) is 24.3 Å². The van der Waals surface area contributed by atoms with E-state index in [0.717, 1.165) is 0 Å². The van der Waals surface area contributed by atoms with Gasteiger partial charge in [0.2, 0.25) is 0 Å². The monoisotopic (exact) mass is 630 g/mol. The number of rotatable bonds is 14. The average Bonchev–Trinajstić information content (AvgIpc) is 3.05. The van der Waals surface area contributed by atoms with Gasteiger partial charge in [0.25, 0.3) is 0 Å². The van der Waals surface area contributed by atoms with Crippen LogP contribution >= 0.6 is 0 Å². The van der Waals surface area contributed by atoms with E-state index in [1.165, 1.54) is 14.2 Å². The van der Waals surface area contributed by atoms with Crippen LogP contribution in [0, 0.1) is 0 Å². The highest BCUT2D eigenvalue weighted by atomic mass is 32.2. The van der Waals surface area contributed by atoms with Crippen molar-refractivity contribution in [3.05, 3.63) is 119 Å². The van der Waals surface area contributed by atoms with Gasteiger partial charge in [0.15, 0.2) is 32.8 Å². The van der Waals surface area contributed by atoms with Crippen LogP contribution in [0.5, 0.6) is 34.5 Å². The van der Waals surface area contributed by atoms with Crippen LogP contribution in [0.2, 0.25) is 0 Å². The Bertz CT molecular complexity index is 1600. The van der Waals surface area contributed by atoms with E-state index in [4.69, 9.17) is 18.9 Å². The summed E-state index contributed by atoms with van der Waals surface area (Å²) in [6.45, 7) is 4.35. The van der Waals surface area contributed by atoms with Crippen LogP contribution in [0.3, 0.4) is 0 Å². The van der Waals surface area contributed by atoms with E-state index in [1.54, 1.807) is 109 Å². The lowest BCUT2D eigenvalue weighted by atomic mass is 10.1. The minimum Gasteiger partial charge on any atom is -0.504 e. The maximum Gasteiger partial charge on any atom is 0.171 e. The van der Waals surface area contributed by atoms with E-state index in [1.807, 2.05) is 13.8 Å². The van der Waals surface area contributed by atoms with Crippen LogP contribution in [0.25, 0.3) is 12.2 Å². The minimum atomic E-state index is -4.10. The molecule has 0 spiro atoms. The molecule has 4 aromatic rings. The van der Waals surface area contributed by atoms with Crippen molar-refractivity contribution in [3.8, 4) is 34.5 Å². The lowest BCUT2D eigenvalue weighted by molar-refractivity contribution is 0.318. The fourth-order valence-corrected chi connectivity index (χ4v) is 6.82. The third kappa shape index (κ3) is 7.80. The molecule has 2 N–H and O–H groups in total. The van der Waals surface area contributed by atoms with E-state index < -0.39 is 20.3 Å². The minimum absolute atomic E-state index is 0.0854. The van der Waals surface area contributed by atoms with Crippen LogP contribution in [0.1, 0.15) is 46.6 Å². The second-order valence-corrected chi connectivity index (χ2v) is 12.1. The number of phenols is 2. The molecule has 0 bridgehead atoms. The highest BCUT2D eigenvalue weighted by Gasteiger charge is 2.34. The molecule has 0 fully saturated rings. The van der Waals surface area contributed by atoms with Crippen LogP contribution in [0.15, 0.2) is 97.1 Å². The molecular weight excluding hydrogens is 592 g/mol. The Kier molecular flexibility index (Phi) is 11.2. The topological polar surface area (TPSA) is 112 Å². The molecule has 0 saturated carbocycles. The molecule has 0 aliphatic carbocycles. The number of sulfone groups is 1. The van der Waals surface area contributed by atoms with Gasteiger partial charge >= 0.3 is 0 Å². The summed E-state index contributed by atoms with van der Waals surface area (Å²) in [5.41, 5.74) is 1.81. The van der Waals surface area contributed by atoms with E-state index >= 15 is 0 Å². The Morgan fingerprint density at radius 3 is 1.33 bits per heavy atom. The van der Waals surface area contributed by atoms with Crippen molar-refractivity contribution < 1.29 is 37.6 Å². The summed E-state index contributed by atoms with van der Waals surface area (Å²) in [5, 5.41) is 19.3. The van der Waals surface area contributed by atoms with Crippen molar-refractivity contribution in [2.24, 2.45) is 0 Å². The molecule has 236 valence electrons. The molecule has 4 aromatic carbocycles.